The molecular formula is C24H25N3O2. The first-order chi connectivity index (χ1) is 14.2. The second-order valence-corrected chi connectivity index (χ2v) is 7.46. The van der Waals surface area contributed by atoms with Crippen molar-refractivity contribution in [3.05, 3.63) is 87.2 Å². The van der Waals surface area contributed by atoms with E-state index >= 15 is 0 Å². The van der Waals surface area contributed by atoms with Crippen LogP contribution in [0.25, 0.3) is 21.8 Å². The largest absolute Gasteiger partial charge is 0.315 e. The first kappa shape index (κ1) is 19.1. The predicted octanol–water partition coefficient (Wildman–Crippen LogP) is 4.34. The van der Waals surface area contributed by atoms with Crippen LogP contribution >= 0.6 is 0 Å². The summed E-state index contributed by atoms with van der Waals surface area (Å²) in [5.74, 6) is 0. The van der Waals surface area contributed by atoms with Crippen LogP contribution in [0.5, 0.6) is 0 Å². The van der Waals surface area contributed by atoms with Gasteiger partial charge in [-0.1, -0.05) is 56.5 Å². The molecule has 148 valence electrons. The second kappa shape index (κ2) is 8.43. The number of aryl methyl sites for hydroxylation is 1. The molecule has 0 spiro atoms. The van der Waals surface area contributed by atoms with Gasteiger partial charge in [-0.15, -0.1) is 0 Å². The maximum Gasteiger partial charge on any atom is 0.260 e. The molecule has 0 amide bonds. The summed E-state index contributed by atoms with van der Waals surface area (Å²) >= 11 is 0. The molecule has 3 aromatic heterocycles. The Morgan fingerprint density at radius 1 is 0.793 bits per heavy atom. The Morgan fingerprint density at radius 2 is 1.45 bits per heavy atom. The fourth-order valence-corrected chi connectivity index (χ4v) is 3.69. The van der Waals surface area contributed by atoms with Gasteiger partial charge in [-0.2, -0.15) is 0 Å². The van der Waals surface area contributed by atoms with Crippen LogP contribution in [-0.2, 0) is 13.1 Å². The zero-order valence-corrected chi connectivity index (χ0v) is 16.7. The number of benzene rings is 1. The topological polar surface area (TPSA) is 56.9 Å². The summed E-state index contributed by atoms with van der Waals surface area (Å²) in [4.78, 5) is 30.5. The summed E-state index contributed by atoms with van der Waals surface area (Å²) in [6, 6.07) is 15.3. The van der Waals surface area contributed by atoms with Crippen LogP contribution in [0.3, 0.4) is 0 Å². The van der Waals surface area contributed by atoms with Crippen LogP contribution in [-0.4, -0.2) is 14.1 Å². The van der Waals surface area contributed by atoms with Crippen LogP contribution < -0.4 is 11.1 Å². The molecule has 0 radical (unpaired) electrons. The summed E-state index contributed by atoms with van der Waals surface area (Å²) < 4.78 is 3.40. The number of pyridine rings is 3. The van der Waals surface area contributed by atoms with E-state index in [0.717, 1.165) is 24.8 Å². The molecule has 0 aliphatic rings. The zero-order valence-electron chi connectivity index (χ0n) is 16.7. The minimum Gasteiger partial charge on any atom is -0.315 e. The molecule has 0 aliphatic heterocycles. The summed E-state index contributed by atoms with van der Waals surface area (Å²) in [5.41, 5.74) is 2.10. The standard InChI is InChI=1S/C24H25N3O2/c1-2-3-4-8-13-26-14-11-21-19(23(26)28)16-20-22(25-21)12-15-27(24(20)29)17-18-9-6-5-7-10-18/h5-7,9-12,14-16H,2-4,8,13,17H2,1H3. The minimum absolute atomic E-state index is 0.0775. The lowest BCUT2D eigenvalue weighted by molar-refractivity contribution is 0.573. The summed E-state index contributed by atoms with van der Waals surface area (Å²) in [6.45, 7) is 3.35. The van der Waals surface area contributed by atoms with E-state index in [1.54, 1.807) is 21.4 Å². The van der Waals surface area contributed by atoms with E-state index in [4.69, 9.17) is 0 Å². The fourth-order valence-electron chi connectivity index (χ4n) is 3.69. The smallest absolute Gasteiger partial charge is 0.260 e. The van der Waals surface area contributed by atoms with Crippen LogP contribution in [0.1, 0.15) is 38.2 Å². The molecule has 0 bridgehead atoms. The number of rotatable bonds is 7. The van der Waals surface area contributed by atoms with E-state index in [-0.39, 0.29) is 11.1 Å². The molecule has 0 atom stereocenters. The van der Waals surface area contributed by atoms with Crippen LogP contribution in [0.2, 0.25) is 0 Å². The van der Waals surface area contributed by atoms with Gasteiger partial charge in [-0.3, -0.25) is 9.59 Å². The monoisotopic (exact) mass is 387 g/mol. The van der Waals surface area contributed by atoms with Gasteiger partial charge in [0.25, 0.3) is 11.1 Å². The zero-order chi connectivity index (χ0) is 20.2. The van der Waals surface area contributed by atoms with Crippen molar-refractivity contribution in [3.8, 4) is 0 Å². The molecular weight excluding hydrogens is 362 g/mol. The van der Waals surface area contributed by atoms with Crippen molar-refractivity contribution in [1.29, 1.82) is 0 Å². The van der Waals surface area contributed by atoms with Gasteiger partial charge in [0.15, 0.2) is 0 Å². The van der Waals surface area contributed by atoms with Crippen LogP contribution in [0.15, 0.2) is 70.5 Å². The van der Waals surface area contributed by atoms with Crippen molar-refractivity contribution in [3.63, 3.8) is 0 Å². The lowest BCUT2D eigenvalue weighted by Crippen LogP contribution is -2.22. The second-order valence-electron chi connectivity index (χ2n) is 7.46. The van der Waals surface area contributed by atoms with E-state index in [2.05, 4.69) is 11.9 Å². The lowest BCUT2D eigenvalue weighted by Gasteiger charge is -2.10. The normalized spacial score (nSPS) is 11.3. The van der Waals surface area contributed by atoms with Crippen molar-refractivity contribution in [2.75, 3.05) is 0 Å². The number of aromatic nitrogens is 3. The first-order valence-corrected chi connectivity index (χ1v) is 10.2. The molecule has 0 aliphatic carbocycles. The van der Waals surface area contributed by atoms with Crippen molar-refractivity contribution >= 4 is 21.8 Å². The highest BCUT2D eigenvalue weighted by Gasteiger charge is 2.10. The summed E-state index contributed by atoms with van der Waals surface area (Å²) in [7, 11) is 0. The molecule has 0 unspecified atom stereocenters. The predicted molar refractivity (Wildman–Crippen MR) is 117 cm³/mol. The number of hydrogen-bond acceptors (Lipinski definition) is 3. The van der Waals surface area contributed by atoms with Gasteiger partial charge in [0, 0.05) is 18.9 Å². The maximum atomic E-state index is 13.0. The third kappa shape index (κ3) is 3.99. The molecule has 0 saturated heterocycles. The highest BCUT2D eigenvalue weighted by Crippen LogP contribution is 2.15. The Balaban J connectivity index is 1.74. The average Bonchev–Trinajstić information content (AvgIpc) is 2.75. The number of unbranched alkanes of at least 4 members (excludes halogenated alkanes) is 3. The average molecular weight is 387 g/mol. The number of nitrogens with zero attached hydrogens (tertiary/aromatic N) is 3. The Morgan fingerprint density at radius 3 is 2.14 bits per heavy atom. The van der Waals surface area contributed by atoms with E-state index in [0.29, 0.717) is 34.9 Å². The van der Waals surface area contributed by atoms with Gasteiger partial charge < -0.3 is 9.13 Å². The minimum atomic E-state index is -0.126. The molecule has 0 saturated carbocycles. The van der Waals surface area contributed by atoms with Crippen LogP contribution in [0.4, 0.5) is 0 Å². The van der Waals surface area contributed by atoms with Crippen molar-refractivity contribution < 1.29 is 0 Å². The maximum absolute atomic E-state index is 13.0. The Bertz CT molecular complexity index is 1260. The van der Waals surface area contributed by atoms with Gasteiger partial charge >= 0.3 is 0 Å². The molecule has 1 aromatic carbocycles. The van der Waals surface area contributed by atoms with Gasteiger partial charge in [0.1, 0.15) is 0 Å². The van der Waals surface area contributed by atoms with E-state index in [1.807, 2.05) is 48.7 Å². The Kier molecular flexibility index (Phi) is 5.56. The van der Waals surface area contributed by atoms with E-state index < -0.39 is 0 Å². The lowest BCUT2D eigenvalue weighted by atomic mass is 10.1. The molecule has 5 nitrogen and oxygen atoms in total. The third-order valence-electron chi connectivity index (χ3n) is 5.34. The third-order valence-corrected chi connectivity index (χ3v) is 5.34. The van der Waals surface area contributed by atoms with Crippen molar-refractivity contribution in [1.82, 2.24) is 14.1 Å². The van der Waals surface area contributed by atoms with Gasteiger partial charge in [-0.25, -0.2) is 4.98 Å². The van der Waals surface area contributed by atoms with Crippen molar-refractivity contribution in [2.24, 2.45) is 0 Å². The Labute approximate surface area is 169 Å². The first-order valence-electron chi connectivity index (χ1n) is 10.2. The molecule has 0 fully saturated rings. The summed E-state index contributed by atoms with van der Waals surface area (Å²) in [6.07, 6.45) is 8.01. The van der Waals surface area contributed by atoms with Gasteiger partial charge in [0.05, 0.1) is 28.4 Å². The SMILES string of the molecule is CCCCCCn1ccc2nc3ccn(Cc4ccccc4)c(=O)c3cc2c1=O. The summed E-state index contributed by atoms with van der Waals surface area (Å²) in [5, 5.41) is 0.988. The molecule has 5 heteroatoms. The number of hydrogen-bond donors (Lipinski definition) is 0. The Hall–Kier alpha value is -3.21. The highest BCUT2D eigenvalue weighted by molar-refractivity contribution is 5.91. The number of fused-ring (bicyclic) bond motifs is 2. The van der Waals surface area contributed by atoms with Crippen LogP contribution in [0, 0.1) is 0 Å². The highest BCUT2D eigenvalue weighted by atomic mass is 16.1. The molecule has 0 N–H and O–H groups in total. The van der Waals surface area contributed by atoms with Gasteiger partial charge in [-0.05, 0) is 30.2 Å². The molecule has 4 aromatic rings. The van der Waals surface area contributed by atoms with E-state index in [9.17, 15) is 9.59 Å². The van der Waals surface area contributed by atoms with Crippen molar-refractivity contribution in [2.45, 2.75) is 45.7 Å². The van der Waals surface area contributed by atoms with E-state index in [1.165, 1.54) is 6.42 Å². The molecule has 29 heavy (non-hydrogen) atoms. The molecule has 3 heterocycles. The van der Waals surface area contributed by atoms with Gasteiger partial charge in [0.2, 0.25) is 0 Å². The fraction of sp³-hybridized carbons (Fsp3) is 0.292. The molecule has 4 rings (SSSR count). The quantitative estimate of drug-likeness (QED) is 0.350.